The van der Waals surface area contributed by atoms with Gasteiger partial charge in [0.1, 0.15) is 35.5 Å². The molecule has 1 saturated carbocycles. The van der Waals surface area contributed by atoms with E-state index in [1.807, 2.05) is 12.1 Å². The van der Waals surface area contributed by atoms with Crippen LogP contribution in [0, 0.1) is 22.2 Å². The maximum absolute atomic E-state index is 13.4. The molecule has 0 spiro atoms. The Hall–Kier alpha value is -5.52. The summed E-state index contributed by atoms with van der Waals surface area (Å²) < 4.78 is 13.3. The molecule has 2 saturated heterocycles. The molecule has 4 aliphatic rings. The molecule has 5 amide bonds. The van der Waals surface area contributed by atoms with Crippen LogP contribution in [0.5, 0.6) is 11.5 Å². The lowest BCUT2D eigenvalue weighted by Gasteiger charge is -2.63. The summed E-state index contributed by atoms with van der Waals surface area (Å²) in [5.74, 6) is -0.381. The molecule has 59 heavy (non-hydrogen) atoms. The van der Waals surface area contributed by atoms with Crippen molar-refractivity contribution >= 4 is 47.0 Å². The zero-order chi connectivity index (χ0) is 42.3. The number of aromatic nitrogens is 1. The molecule has 310 valence electrons. The van der Waals surface area contributed by atoms with Crippen LogP contribution < -0.4 is 25.0 Å². The Kier molecular flexibility index (Phi) is 11.5. The third kappa shape index (κ3) is 8.23. The van der Waals surface area contributed by atoms with Crippen LogP contribution in [-0.4, -0.2) is 108 Å². The molecule has 15 heteroatoms. The van der Waals surface area contributed by atoms with Gasteiger partial charge in [0.05, 0.1) is 73.7 Å². The topological polar surface area (TPSA) is 171 Å². The second kappa shape index (κ2) is 16.3. The van der Waals surface area contributed by atoms with Crippen LogP contribution in [0.25, 0.3) is 0 Å². The van der Waals surface area contributed by atoms with Gasteiger partial charge in [-0.05, 0) is 68.1 Å². The van der Waals surface area contributed by atoms with E-state index < -0.39 is 29.7 Å². The smallest absolute Gasteiger partial charge is 0.262 e. The molecule has 1 aliphatic carbocycles. The van der Waals surface area contributed by atoms with Crippen molar-refractivity contribution in [2.75, 3.05) is 51.3 Å². The highest BCUT2D eigenvalue weighted by molar-refractivity contribution is 6.31. The maximum atomic E-state index is 13.4. The average Bonchev–Trinajstić information content (AvgIpc) is 3.45. The minimum Gasteiger partial charge on any atom is -0.494 e. The number of amides is 5. The lowest BCUT2D eigenvalue weighted by atomic mass is 9.49. The summed E-state index contributed by atoms with van der Waals surface area (Å²) in [6.07, 6.45) is 4.48. The number of pyridine rings is 1. The fourth-order valence-corrected chi connectivity index (χ4v) is 9.63. The van der Waals surface area contributed by atoms with Crippen molar-refractivity contribution in [3.63, 3.8) is 0 Å². The summed E-state index contributed by atoms with van der Waals surface area (Å²) in [5.41, 5.74) is 0.580. The third-order valence-corrected chi connectivity index (χ3v) is 12.9. The van der Waals surface area contributed by atoms with Gasteiger partial charge in [-0.3, -0.25) is 34.2 Å². The number of halogens is 1. The van der Waals surface area contributed by atoms with Gasteiger partial charge in [0.25, 0.3) is 17.7 Å². The summed E-state index contributed by atoms with van der Waals surface area (Å²) in [7, 11) is 2.29. The molecular weight excluding hydrogens is 774 g/mol. The molecule has 1 aromatic heterocycles. The van der Waals surface area contributed by atoms with Crippen molar-refractivity contribution in [1.82, 2.24) is 20.5 Å². The largest absolute Gasteiger partial charge is 0.494 e. The van der Waals surface area contributed by atoms with Crippen molar-refractivity contribution in [2.45, 2.75) is 78.0 Å². The fourth-order valence-electron chi connectivity index (χ4n) is 9.42. The summed E-state index contributed by atoms with van der Waals surface area (Å²) >= 11 is 6.24. The highest BCUT2D eigenvalue weighted by Gasteiger charge is 2.64. The number of piperazine rings is 1. The first-order valence-electron chi connectivity index (χ1n) is 20.2. The van der Waals surface area contributed by atoms with E-state index in [0.29, 0.717) is 34.3 Å². The number of benzene rings is 2. The van der Waals surface area contributed by atoms with Crippen LogP contribution >= 0.6 is 11.6 Å². The average molecular weight is 825 g/mol. The molecule has 0 bridgehead atoms. The first-order chi connectivity index (χ1) is 28.0. The number of rotatable bonds is 13. The molecule has 3 aromatic rings. The lowest BCUT2D eigenvalue weighted by molar-refractivity contribution is -0.910. The Morgan fingerprint density at radius 1 is 0.966 bits per heavy atom. The lowest BCUT2D eigenvalue weighted by Crippen LogP contribution is -2.74. The van der Waals surface area contributed by atoms with Gasteiger partial charge in [-0.25, -0.2) is 4.98 Å². The van der Waals surface area contributed by atoms with Crippen LogP contribution in [0.4, 0.5) is 5.82 Å². The van der Waals surface area contributed by atoms with Crippen molar-refractivity contribution < 1.29 is 37.9 Å². The highest BCUT2D eigenvalue weighted by Crippen LogP contribution is 2.55. The van der Waals surface area contributed by atoms with Crippen molar-refractivity contribution in [3.05, 3.63) is 82.0 Å². The minimum absolute atomic E-state index is 0.0725. The second-order valence-corrected chi connectivity index (χ2v) is 18.0. The van der Waals surface area contributed by atoms with Gasteiger partial charge in [0.2, 0.25) is 11.8 Å². The molecule has 2 N–H and O–H groups in total. The molecule has 1 atom stereocenters. The van der Waals surface area contributed by atoms with E-state index in [4.69, 9.17) is 21.1 Å². The van der Waals surface area contributed by atoms with E-state index in [9.17, 15) is 29.2 Å². The molecular formula is C44H51ClN7O7+. The number of nitriles is 1. The molecule has 14 nitrogen and oxygen atoms in total. The van der Waals surface area contributed by atoms with Gasteiger partial charge in [0.15, 0.2) is 0 Å². The van der Waals surface area contributed by atoms with Crippen LogP contribution in [-0.2, 0) is 9.59 Å². The number of nitrogens with one attached hydrogen (secondary N) is 2. The Bertz CT molecular complexity index is 2190. The van der Waals surface area contributed by atoms with E-state index in [-0.39, 0.29) is 52.9 Å². The van der Waals surface area contributed by atoms with Crippen LogP contribution in [0.2, 0.25) is 5.02 Å². The molecule has 1 unspecified atom stereocenters. The summed E-state index contributed by atoms with van der Waals surface area (Å²) in [4.78, 5) is 71.3. The quantitative estimate of drug-likeness (QED) is 0.134. The first kappa shape index (κ1) is 41.6. The number of hydrogen-bond donors (Lipinski definition) is 2. The predicted molar refractivity (Wildman–Crippen MR) is 219 cm³/mol. The maximum Gasteiger partial charge on any atom is 0.262 e. The van der Waals surface area contributed by atoms with E-state index >= 15 is 0 Å². The standard InChI is InChI=1S/C44H50ClN7O7/c1-43(2)41(44(3,4)42(43)59-30-11-9-27(25-46)33(45)24-30)49-37(54)28-10-15-35(47-26-28)50-17-20-52(5,21-18-50)19-7-6-8-22-58-29-12-13-31-32(23-29)40(57)51(39(31)56)34-14-16-36(53)48-38(34)55/h9-13,15,23-24,26,34,41-42H,6-8,14,16-22H2,1-5H3,(H-,48,49,53,54,55)/p+1. The number of carbonyl (C=O) groups excluding carboxylic acids is 5. The Morgan fingerprint density at radius 2 is 1.68 bits per heavy atom. The summed E-state index contributed by atoms with van der Waals surface area (Å²) in [5, 5.41) is 15.0. The van der Waals surface area contributed by atoms with Gasteiger partial charge < -0.3 is 24.2 Å². The fraction of sp³-hybridized carbons (Fsp3) is 0.477. The third-order valence-electron chi connectivity index (χ3n) is 12.6. The monoisotopic (exact) mass is 824 g/mol. The van der Waals surface area contributed by atoms with Crippen LogP contribution in [0.15, 0.2) is 54.7 Å². The van der Waals surface area contributed by atoms with Crippen molar-refractivity contribution in [1.29, 1.82) is 5.26 Å². The number of imide groups is 2. The molecule has 3 aliphatic heterocycles. The van der Waals surface area contributed by atoms with Gasteiger partial charge >= 0.3 is 0 Å². The molecule has 3 fully saturated rings. The van der Waals surface area contributed by atoms with Crippen molar-refractivity contribution in [3.8, 4) is 17.6 Å². The molecule has 0 radical (unpaired) electrons. The van der Waals surface area contributed by atoms with Crippen molar-refractivity contribution in [2.24, 2.45) is 10.8 Å². The summed E-state index contributed by atoms with van der Waals surface area (Å²) in [6, 6.07) is 14.5. The SMILES string of the molecule is CC1(C)C(NC(=O)c2ccc(N3CC[N+](C)(CCCCCOc4ccc5c(c4)C(=O)N(C4CCC(=O)NC4=O)C5=O)CC3)nc2)C(C)(C)C1Oc1ccc(C#N)c(Cl)c1. The summed E-state index contributed by atoms with van der Waals surface area (Å²) in [6.45, 7) is 13.5. The van der Waals surface area contributed by atoms with Crippen LogP contribution in [0.3, 0.4) is 0 Å². The zero-order valence-corrected chi connectivity index (χ0v) is 34.9. The van der Waals surface area contributed by atoms with Gasteiger partial charge in [-0.1, -0.05) is 39.3 Å². The number of ether oxygens (including phenoxy) is 2. The number of quaternary nitrogens is 1. The number of nitrogens with zero attached hydrogens (tertiary/aromatic N) is 5. The number of piperidine rings is 1. The van der Waals surface area contributed by atoms with Gasteiger partial charge in [-0.15, -0.1) is 0 Å². The van der Waals surface area contributed by atoms with E-state index in [2.05, 4.69) is 61.3 Å². The number of fused-ring (bicyclic) bond motifs is 1. The van der Waals surface area contributed by atoms with Crippen LogP contribution in [0.1, 0.15) is 96.4 Å². The van der Waals surface area contributed by atoms with E-state index in [1.54, 1.807) is 42.6 Å². The second-order valence-electron chi connectivity index (χ2n) is 17.5. The Morgan fingerprint density at radius 3 is 2.34 bits per heavy atom. The highest BCUT2D eigenvalue weighted by atomic mass is 35.5. The zero-order valence-electron chi connectivity index (χ0n) is 34.2. The number of anilines is 1. The Balaban J connectivity index is 0.824. The van der Waals surface area contributed by atoms with E-state index in [1.165, 1.54) is 0 Å². The normalized spacial score (nSPS) is 22.8. The number of unbranched alkanes of at least 4 members (excludes halogenated alkanes) is 2. The minimum atomic E-state index is -1.000. The Labute approximate surface area is 349 Å². The number of likely N-dealkylation sites (N-methyl/N-ethyl adjacent to an activating group) is 1. The molecule has 2 aromatic carbocycles. The van der Waals surface area contributed by atoms with Gasteiger partial charge in [-0.2, -0.15) is 5.26 Å². The molecule has 4 heterocycles. The number of carbonyl (C=O) groups is 5. The predicted octanol–water partition coefficient (Wildman–Crippen LogP) is 5.14. The number of hydrogen-bond acceptors (Lipinski definition) is 10. The first-order valence-corrected chi connectivity index (χ1v) is 20.6. The van der Waals surface area contributed by atoms with E-state index in [0.717, 1.165) is 67.2 Å². The van der Waals surface area contributed by atoms with Gasteiger partial charge in [0, 0.05) is 35.6 Å². The molecule has 7 rings (SSSR count).